The maximum atomic E-state index is 10.7. The van der Waals surface area contributed by atoms with Crippen LogP contribution in [0.2, 0.25) is 0 Å². The van der Waals surface area contributed by atoms with Crippen molar-refractivity contribution in [2.24, 2.45) is 0 Å². The first-order valence-corrected chi connectivity index (χ1v) is 3.03. The van der Waals surface area contributed by atoms with Gasteiger partial charge in [0.15, 0.2) is 0 Å². The molecule has 5 nitrogen and oxygen atoms in total. The van der Waals surface area contributed by atoms with Crippen molar-refractivity contribution in [1.82, 2.24) is 5.32 Å². The SMILES string of the molecule is COC(=O)C(CO)NC[C]=O. The Bertz CT molecular complexity index is 137. The van der Waals surface area contributed by atoms with Crippen LogP contribution in [0.15, 0.2) is 0 Å². The minimum absolute atomic E-state index is 0.0969. The Labute approximate surface area is 64.3 Å². The Morgan fingerprint density at radius 1 is 1.82 bits per heavy atom. The van der Waals surface area contributed by atoms with E-state index in [1.54, 1.807) is 0 Å². The first kappa shape index (κ1) is 10.1. The fraction of sp³-hybridized carbons (Fsp3) is 0.667. The van der Waals surface area contributed by atoms with E-state index in [1.807, 2.05) is 0 Å². The van der Waals surface area contributed by atoms with Crippen molar-refractivity contribution in [3.05, 3.63) is 0 Å². The van der Waals surface area contributed by atoms with Crippen molar-refractivity contribution in [2.45, 2.75) is 6.04 Å². The summed E-state index contributed by atoms with van der Waals surface area (Å²) in [5.41, 5.74) is 0. The normalized spacial score (nSPS) is 12.2. The molecule has 1 radical (unpaired) electrons. The molecule has 0 fully saturated rings. The maximum absolute atomic E-state index is 10.7. The minimum Gasteiger partial charge on any atom is -0.468 e. The lowest BCUT2D eigenvalue weighted by molar-refractivity contribution is -0.144. The molecular formula is C6H10NO4. The summed E-state index contributed by atoms with van der Waals surface area (Å²) in [7, 11) is 1.21. The Morgan fingerprint density at radius 2 is 2.45 bits per heavy atom. The van der Waals surface area contributed by atoms with Gasteiger partial charge in [0.25, 0.3) is 0 Å². The molecule has 0 aliphatic carbocycles. The second kappa shape index (κ2) is 5.82. The van der Waals surface area contributed by atoms with Gasteiger partial charge in [-0.15, -0.1) is 0 Å². The Hall–Kier alpha value is -0.940. The Kier molecular flexibility index (Phi) is 5.32. The second-order valence-corrected chi connectivity index (χ2v) is 1.78. The van der Waals surface area contributed by atoms with E-state index >= 15 is 0 Å². The summed E-state index contributed by atoms with van der Waals surface area (Å²) in [6.07, 6.45) is 1.53. The zero-order valence-electron chi connectivity index (χ0n) is 6.16. The van der Waals surface area contributed by atoms with Gasteiger partial charge in [0, 0.05) is 0 Å². The van der Waals surface area contributed by atoms with Gasteiger partial charge in [0.05, 0.1) is 20.3 Å². The van der Waals surface area contributed by atoms with Crippen molar-refractivity contribution >= 4 is 12.3 Å². The van der Waals surface area contributed by atoms with Gasteiger partial charge in [-0.05, 0) is 0 Å². The molecule has 0 aromatic rings. The molecule has 0 bridgehead atoms. The van der Waals surface area contributed by atoms with E-state index in [0.29, 0.717) is 0 Å². The highest BCUT2D eigenvalue weighted by molar-refractivity contribution is 5.76. The largest absolute Gasteiger partial charge is 0.468 e. The van der Waals surface area contributed by atoms with Gasteiger partial charge < -0.3 is 9.84 Å². The summed E-state index contributed by atoms with van der Waals surface area (Å²) < 4.78 is 4.31. The van der Waals surface area contributed by atoms with Gasteiger partial charge >= 0.3 is 5.97 Å². The number of carbonyl (C=O) groups excluding carboxylic acids is 2. The van der Waals surface area contributed by atoms with Crippen LogP contribution >= 0.6 is 0 Å². The van der Waals surface area contributed by atoms with E-state index in [2.05, 4.69) is 10.1 Å². The van der Waals surface area contributed by atoms with Crippen LogP contribution in [0, 0.1) is 0 Å². The molecule has 0 saturated heterocycles. The summed E-state index contributed by atoms with van der Waals surface area (Å²) in [6, 6.07) is -0.832. The molecule has 0 heterocycles. The van der Waals surface area contributed by atoms with Crippen LogP contribution in [0.1, 0.15) is 0 Å². The van der Waals surface area contributed by atoms with E-state index in [-0.39, 0.29) is 6.54 Å². The van der Waals surface area contributed by atoms with Crippen LogP contribution in [0.25, 0.3) is 0 Å². The fourth-order valence-electron chi connectivity index (χ4n) is 0.530. The lowest BCUT2D eigenvalue weighted by Crippen LogP contribution is -2.41. The summed E-state index contributed by atoms with van der Waals surface area (Å²) in [5, 5.41) is 11.0. The van der Waals surface area contributed by atoms with Crippen LogP contribution < -0.4 is 5.32 Å². The molecule has 0 aromatic heterocycles. The third kappa shape index (κ3) is 3.69. The molecule has 63 valence electrons. The average Bonchev–Trinajstić information content (AvgIpc) is 2.05. The lowest BCUT2D eigenvalue weighted by Gasteiger charge is -2.10. The van der Waals surface area contributed by atoms with E-state index < -0.39 is 18.6 Å². The molecule has 0 aliphatic heterocycles. The summed E-state index contributed by atoms with van der Waals surface area (Å²) in [5.74, 6) is -0.595. The lowest BCUT2D eigenvalue weighted by atomic mass is 10.3. The molecule has 0 spiro atoms. The van der Waals surface area contributed by atoms with E-state index in [0.717, 1.165) is 0 Å². The highest BCUT2D eigenvalue weighted by atomic mass is 16.5. The number of carbonyl (C=O) groups is 1. The summed E-state index contributed by atoms with van der Waals surface area (Å²) >= 11 is 0. The van der Waals surface area contributed by atoms with Gasteiger partial charge in [-0.2, -0.15) is 0 Å². The molecule has 1 atom stereocenters. The first-order valence-electron chi connectivity index (χ1n) is 3.03. The molecule has 2 N–H and O–H groups in total. The summed E-state index contributed by atoms with van der Waals surface area (Å²) in [4.78, 5) is 20.4. The third-order valence-corrected chi connectivity index (χ3v) is 1.09. The van der Waals surface area contributed by atoms with Crippen LogP contribution in [0.3, 0.4) is 0 Å². The molecule has 0 aliphatic rings. The quantitative estimate of drug-likeness (QED) is 0.465. The fourth-order valence-corrected chi connectivity index (χ4v) is 0.530. The number of ether oxygens (including phenoxy) is 1. The average molecular weight is 160 g/mol. The molecule has 11 heavy (non-hydrogen) atoms. The molecule has 0 amide bonds. The van der Waals surface area contributed by atoms with Gasteiger partial charge in [0.2, 0.25) is 6.29 Å². The van der Waals surface area contributed by atoms with E-state index in [1.165, 1.54) is 13.4 Å². The molecule has 0 saturated carbocycles. The number of aliphatic hydroxyl groups is 1. The number of esters is 1. The highest BCUT2D eigenvalue weighted by Gasteiger charge is 2.16. The molecule has 0 aromatic carbocycles. The third-order valence-electron chi connectivity index (χ3n) is 1.09. The smallest absolute Gasteiger partial charge is 0.325 e. The Morgan fingerprint density at radius 3 is 2.82 bits per heavy atom. The Balaban J connectivity index is 3.74. The second-order valence-electron chi connectivity index (χ2n) is 1.78. The van der Waals surface area contributed by atoms with Crippen LogP contribution in [0.4, 0.5) is 0 Å². The maximum Gasteiger partial charge on any atom is 0.325 e. The van der Waals surface area contributed by atoms with Crippen molar-refractivity contribution in [1.29, 1.82) is 0 Å². The van der Waals surface area contributed by atoms with Crippen LogP contribution in [0.5, 0.6) is 0 Å². The van der Waals surface area contributed by atoms with Gasteiger partial charge in [0.1, 0.15) is 6.04 Å². The van der Waals surface area contributed by atoms with Crippen molar-refractivity contribution in [3.8, 4) is 0 Å². The molecule has 5 heteroatoms. The monoisotopic (exact) mass is 160 g/mol. The number of nitrogens with one attached hydrogen (secondary N) is 1. The zero-order valence-corrected chi connectivity index (χ0v) is 6.16. The highest BCUT2D eigenvalue weighted by Crippen LogP contribution is 1.84. The van der Waals surface area contributed by atoms with E-state index in [4.69, 9.17) is 5.11 Å². The van der Waals surface area contributed by atoms with E-state index in [9.17, 15) is 9.59 Å². The van der Waals surface area contributed by atoms with Gasteiger partial charge in [-0.1, -0.05) is 0 Å². The predicted molar refractivity (Wildman–Crippen MR) is 36.6 cm³/mol. The molecule has 1 unspecified atom stereocenters. The number of rotatable bonds is 5. The summed E-state index contributed by atoms with van der Waals surface area (Å²) in [6.45, 7) is -0.491. The van der Waals surface area contributed by atoms with Gasteiger partial charge in [-0.25, -0.2) is 0 Å². The molecule has 0 rings (SSSR count). The number of hydrogen-bond donors (Lipinski definition) is 2. The zero-order chi connectivity index (χ0) is 8.69. The van der Waals surface area contributed by atoms with Crippen LogP contribution in [-0.2, 0) is 14.3 Å². The number of aliphatic hydroxyl groups excluding tert-OH is 1. The number of methoxy groups -OCH3 is 1. The standard InChI is InChI=1S/C6H10NO4/c1-11-6(10)5(4-9)7-2-3-8/h5,7,9H,2,4H2,1H3. The predicted octanol–water partition coefficient (Wildman–Crippen LogP) is -1.78. The van der Waals surface area contributed by atoms with Crippen molar-refractivity contribution in [3.63, 3.8) is 0 Å². The van der Waals surface area contributed by atoms with Gasteiger partial charge in [-0.3, -0.25) is 14.9 Å². The topological polar surface area (TPSA) is 75.6 Å². The molecular weight excluding hydrogens is 150 g/mol. The van der Waals surface area contributed by atoms with Crippen molar-refractivity contribution < 1.29 is 19.4 Å². The van der Waals surface area contributed by atoms with Crippen LogP contribution in [-0.4, -0.2) is 43.7 Å². The van der Waals surface area contributed by atoms with Crippen molar-refractivity contribution in [2.75, 3.05) is 20.3 Å². The number of hydrogen-bond acceptors (Lipinski definition) is 5. The first-order chi connectivity index (χ1) is 5.26. The minimum atomic E-state index is -0.832.